The molecule has 122 valence electrons. The van der Waals surface area contributed by atoms with Gasteiger partial charge in [-0.05, 0) is 26.0 Å². The molecule has 3 rings (SSSR count). The Labute approximate surface area is 131 Å². The van der Waals surface area contributed by atoms with Gasteiger partial charge in [0, 0.05) is 18.1 Å². The van der Waals surface area contributed by atoms with Crippen LogP contribution in [0.15, 0.2) is 38.1 Å². The first-order chi connectivity index (χ1) is 10.8. The van der Waals surface area contributed by atoms with Crippen molar-refractivity contribution in [3.8, 4) is 5.75 Å². The van der Waals surface area contributed by atoms with Gasteiger partial charge in [0.1, 0.15) is 16.9 Å². The molecule has 0 bridgehead atoms. The van der Waals surface area contributed by atoms with Crippen LogP contribution in [0.25, 0.3) is 21.9 Å². The molecular formula is C17H18O6. The molecule has 23 heavy (non-hydrogen) atoms. The van der Waals surface area contributed by atoms with E-state index in [4.69, 9.17) is 13.6 Å². The second-order valence-corrected chi connectivity index (χ2v) is 6.09. The summed E-state index contributed by atoms with van der Waals surface area (Å²) < 4.78 is 16.1. The minimum Gasteiger partial charge on any atom is -0.495 e. The molecule has 6 nitrogen and oxygen atoms in total. The van der Waals surface area contributed by atoms with Gasteiger partial charge in [-0.3, -0.25) is 0 Å². The Kier molecular flexibility index (Phi) is 3.66. The summed E-state index contributed by atoms with van der Waals surface area (Å²) >= 11 is 0. The fourth-order valence-electron chi connectivity index (χ4n) is 2.51. The fraction of sp³-hybridized carbons (Fsp3) is 0.353. The molecule has 2 aromatic heterocycles. The Morgan fingerprint density at radius 3 is 2.65 bits per heavy atom. The van der Waals surface area contributed by atoms with Crippen LogP contribution in [0, 0.1) is 0 Å². The van der Waals surface area contributed by atoms with Crippen molar-refractivity contribution in [1.82, 2.24) is 0 Å². The molecule has 2 heterocycles. The van der Waals surface area contributed by atoms with Crippen LogP contribution in [-0.4, -0.2) is 29.0 Å². The van der Waals surface area contributed by atoms with Gasteiger partial charge in [-0.25, -0.2) is 4.79 Å². The van der Waals surface area contributed by atoms with Crippen molar-refractivity contribution in [2.45, 2.75) is 32.0 Å². The van der Waals surface area contributed by atoms with E-state index in [0.29, 0.717) is 22.3 Å². The van der Waals surface area contributed by atoms with E-state index in [-0.39, 0.29) is 12.0 Å². The molecule has 0 aliphatic heterocycles. The standard InChI is InChI=1S/C17H18O6/c1-17(2,20)14(18)7-9-6-11-13(23-16(9)19)8-12-10(4-5-22-12)15(11)21-3/h4-6,8,14,18,20H,7H2,1-3H3. The third kappa shape index (κ3) is 2.71. The molecule has 0 amide bonds. The van der Waals surface area contributed by atoms with Crippen molar-refractivity contribution in [2.75, 3.05) is 7.11 Å². The Morgan fingerprint density at radius 2 is 2.00 bits per heavy atom. The van der Waals surface area contributed by atoms with E-state index in [1.165, 1.54) is 27.2 Å². The van der Waals surface area contributed by atoms with Gasteiger partial charge in [-0.15, -0.1) is 0 Å². The summed E-state index contributed by atoms with van der Waals surface area (Å²) in [6, 6.07) is 5.02. The van der Waals surface area contributed by atoms with Crippen molar-refractivity contribution in [3.63, 3.8) is 0 Å². The number of methoxy groups -OCH3 is 1. The van der Waals surface area contributed by atoms with Crippen molar-refractivity contribution < 1.29 is 23.8 Å². The van der Waals surface area contributed by atoms with Crippen LogP contribution in [0.1, 0.15) is 19.4 Å². The molecule has 0 aliphatic carbocycles. The van der Waals surface area contributed by atoms with Crippen LogP contribution in [0.5, 0.6) is 5.75 Å². The van der Waals surface area contributed by atoms with Crippen molar-refractivity contribution >= 4 is 21.9 Å². The van der Waals surface area contributed by atoms with E-state index in [2.05, 4.69) is 0 Å². The summed E-state index contributed by atoms with van der Waals surface area (Å²) in [5, 5.41) is 21.2. The number of benzene rings is 1. The first-order valence-corrected chi connectivity index (χ1v) is 7.22. The smallest absolute Gasteiger partial charge is 0.339 e. The Morgan fingerprint density at radius 1 is 1.26 bits per heavy atom. The van der Waals surface area contributed by atoms with Crippen LogP contribution in [0.4, 0.5) is 0 Å². The quantitative estimate of drug-likeness (QED) is 0.717. The van der Waals surface area contributed by atoms with E-state index < -0.39 is 17.3 Å². The number of hydrogen-bond donors (Lipinski definition) is 2. The topological polar surface area (TPSA) is 93.0 Å². The maximum Gasteiger partial charge on any atom is 0.339 e. The predicted octanol–water partition coefficient (Wildman–Crippen LogP) is 2.22. The molecule has 6 heteroatoms. The monoisotopic (exact) mass is 318 g/mol. The second-order valence-electron chi connectivity index (χ2n) is 6.09. The number of rotatable bonds is 4. The molecule has 0 saturated carbocycles. The number of aliphatic hydroxyl groups excluding tert-OH is 1. The van der Waals surface area contributed by atoms with Gasteiger partial charge in [0.25, 0.3) is 0 Å². The third-order valence-corrected chi connectivity index (χ3v) is 3.93. The highest BCUT2D eigenvalue weighted by Gasteiger charge is 2.26. The van der Waals surface area contributed by atoms with Gasteiger partial charge in [-0.1, -0.05) is 0 Å². The molecule has 0 saturated heterocycles. The van der Waals surface area contributed by atoms with E-state index in [1.807, 2.05) is 0 Å². The summed E-state index contributed by atoms with van der Waals surface area (Å²) in [4.78, 5) is 12.1. The second kappa shape index (κ2) is 5.40. The minimum absolute atomic E-state index is 0.0195. The average molecular weight is 318 g/mol. The summed E-state index contributed by atoms with van der Waals surface area (Å²) in [5.74, 6) is 0.536. The zero-order valence-corrected chi connectivity index (χ0v) is 13.1. The number of aliphatic hydroxyl groups is 2. The molecule has 0 fully saturated rings. The highest BCUT2D eigenvalue weighted by molar-refractivity contribution is 6.01. The molecular weight excluding hydrogens is 300 g/mol. The lowest BCUT2D eigenvalue weighted by Gasteiger charge is -2.24. The predicted molar refractivity (Wildman–Crippen MR) is 84.8 cm³/mol. The third-order valence-electron chi connectivity index (χ3n) is 3.93. The van der Waals surface area contributed by atoms with E-state index in [9.17, 15) is 15.0 Å². The van der Waals surface area contributed by atoms with Crippen LogP contribution < -0.4 is 10.4 Å². The van der Waals surface area contributed by atoms with Gasteiger partial charge in [0.2, 0.25) is 0 Å². The lowest BCUT2D eigenvalue weighted by molar-refractivity contribution is -0.0472. The molecule has 2 N–H and O–H groups in total. The zero-order valence-electron chi connectivity index (χ0n) is 13.1. The zero-order chi connectivity index (χ0) is 16.8. The maximum atomic E-state index is 12.1. The van der Waals surface area contributed by atoms with Gasteiger partial charge < -0.3 is 23.8 Å². The Hall–Kier alpha value is -2.31. The summed E-state index contributed by atoms with van der Waals surface area (Å²) in [7, 11) is 1.53. The van der Waals surface area contributed by atoms with Crippen LogP contribution in [0.2, 0.25) is 0 Å². The van der Waals surface area contributed by atoms with Crippen LogP contribution in [0.3, 0.4) is 0 Å². The van der Waals surface area contributed by atoms with Crippen molar-refractivity contribution in [3.05, 3.63) is 40.4 Å². The molecule has 1 unspecified atom stereocenters. The summed E-state index contributed by atoms with van der Waals surface area (Å²) in [6.45, 7) is 2.96. The van der Waals surface area contributed by atoms with Crippen LogP contribution >= 0.6 is 0 Å². The Bertz CT molecular complexity index is 912. The molecule has 3 aromatic rings. The first kappa shape index (κ1) is 15.6. The van der Waals surface area contributed by atoms with E-state index in [0.717, 1.165) is 5.39 Å². The SMILES string of the molecule is COc1c2ccoc2cc2oc(=O)c(CC(O)C(C)(C)O)cc12. The highest BCUT2D eigenvalue weighted by Crippen LogP contribution is 2.35. The van der Waals surface area contributed by atoms with Gasteiger partial charge >= 0.3 is 5.63 Å². The van der Waals surface area contributed by atoms with E-state index >= 15 is 0 Å². The normalized spacial score (nSPS) is 13.6. The number of hydrogen-bond acceptors (Lipinski definition) is 6. The number of ether oxygens (including phenoxy) is 1. The fourth-order valence-corrected chi connectivity index (χ4v) is 2.51. The van der Waals surface area contributed by atoms with Gasteiger partial charge in [0.15, 0.2) is 0 Å². The van der Waals surface area contributed by atoms with Crippen LogP contribution in [-0.2, 0) is 6.42 Å². The number of furan rings is 1. The molecule has 0 aliphatic rings. The van der Waals surface area contributed by atoms with E-state index in [1.54, 1.807) is 18.2 Å². The Balaban J connectivity index is 2.20. The lowest BCUT2D eigenvalue weighted by Crippen LogP contribution is -2.38. The minimum atomic E-state index is -1.32. The molecule has 0 spiro atoms. The van der Waals surface area contributed by atoms with Gasteiger partial charge in [0.05, 0.1) is 35.9 Å². The number of fused-ring (bicyclic) bond motifs is 2. The van der Waals surface area contributed by atoms with Crippen molar-refractivity contribution in [1.29, 1.82) is 0 Å². The summed E-state index contributed by atoms with van der Waals surface area (Å²) in [6.07, 6.45) is 0.420. The average Bonchev–Trinajstić information content (AvgIpc) is 2.92. The van der Waals surface area contributed by atoms with Gasteiger partial charge in [-0.2, -0.15) is 0 Å². The molecule has 0 radical (unpaired) electrons. The largest absolute Gasteiger partial charge is 0.495 e. The molecule has 1 aromatic carbocycles. The first-order valence-electron chi connectivity index (χ1n) is 7.22. The van der Waals surface area contributed by atoms with Crippen molar-refractivity contribution in [2.24, 2.45) is 0 Å². The summed E-state index contributed by atoms with van der Waals surface area (Å²) in [5.41, 5.74) is -0.709. The highest BCUT2D eigenvalue weighted by atomic mass is 16.5. The molecule has 1 atom stereocenters. The lowest BCUT2D eigenvalue weighted by atomic mass is 9.95. The maximum absolute atomic E-state index is 12.1.